The Balaban J connectivity index is 1.41. The standard InChI is InChI=1S/C21H23N5O2/c1-26-16-10-18(25-20(27)19-13-5-3-4-6-14(13)19)23-11-12(16)9-17(26)15-7-8-22-21(24-15)28-2/h7-11,13-14,19H,3-6H2,1-2H3,(H,23,25,27). The summed E-state index contributed by atoms with van der Waals surface area (Å²) < 4.78 is 7.18. The minimum absolute atomic E-state index is 0.124. The van der Waals surface area contributed by atoms with Gasteiger partial charge in [-0.05, 0) is 36.8 Å². The van der Waals surface area contributed by atoms with E-state index in [4.69, 9.17) is 4.74 Å². The van der Waals surface area contributed by atoms with Crippen molar-refractivity contribution in [2.45, 2.75) is 25.7 Å². The molecule has 1 amide bonds. The maximum absolute atomic E-state index is 12.7. The van der Waals surface area contributed by atoms with Crippen LogP contribution in [0.3, 0.4) is 0 Å². The molecule has 7 nitrogen and oxygen atoms in total. The van der Waals surface area contributed by atoms with Gasteiger partial charge in [-0.15, -0.1) is 0 Å². The predicted molar refractivity (Wildman–Crippen MR) is 106 cm³/mol. The van der Waals surface area contributed by atoms with Crippen LogP contribution in [0, 0.1) is 17.8 Å². The highest BCUT2D eigenvalue weighted by atomic mass is 16.5. The molecular weight excluding hydrogens is 354 g/mol. The fraction of sp³-hybridized carbons (Fsp3) is 0.429. The number of carbonyl (C=O) groups is 1. The smallest absolute Gasteiger partial charge is 0.316 e. The van der Waals surface area contributed by atoms with Gasteiger partial charge >= 0.3 is 6.01 Å². The molecule has 3 heterocycles. The molecule has 2 atom stereocenters. The van der Waals surface area contributed by atoms with Crippen molar-refractivity contribution < 1.29 is 9.53 Å². The third kappa shape index (κ3) is 2.82. The first kappa shape index (κ1) is 17.2. The van der Waals surface area contributed by atoms with E-state index in [1.54, 1.807) is 19.5 Å². The summed E-state index contributed by atoms with van der Waals surface area (Å²) in [5.41, 5.74) is 2.71. The third-order valence-corrected chi connectivity index (χ3v) is 6.22. The van der Waals surface area contributed by atoms with Crippen LogP contribution in [0.15, 0.2) is 30.6 Å². The molecule has 2 saturated carbocycles. The van der Waals surface area contributed by atoms with E-state index in [1.165, 1.54) is 25.7 Å². The molecule has 7 heteroatoms. The zero-order chi connectivity index (χ0) is 19.3. The Kier molecular flexibility index (Phi) is 4.03. The number of hydrogen-bond donors (Lipinski definition) is 1. The number of ether oxygens (including phenoxy) is 1. The number of nitrogens with zero attached hydrogens (tertiary/aromatic N) is 4. The quantitative estimate of drug-likeness (QED) is 0.753. The van der Waals surface area contributed by atoms with Gasteiger partial charge in [-0.3, -0.25) is 4.79 Å². The molecule has 0 bridgehead atoms. The van der Waals surface area contributed by atoms with Crippen molar-refractivity contribution in [3.8, 4) is 17.4 Å². The molecule has 0 saturated heterocycles. The van der Waals surface area contributed by atoms with Gasteiger partial charge in [0.05, 0.1) is 24.0 Å². The lowest BCUT2D eigenvalue weighted by Gasteiger charge is -2.07. The third-order valence-electron chi connectivity index (χ3n) is 6.22. The molecular formula is C21H23N5O2. The molecule has 2 unspecified atom stereocenters. The summed E-state index contributed by atoms with van der Waals surface area (Å²) in [6.45, 7) is 0. The molecule has 5 rings (SSSR count). The molecule has 0 aromatic carbocycles. The Bertz CT molecular complexity index is 1050. The van der Waals surface area contributed by atoms with Crippen LogP contribution < -0.4 is 10.1 Å². The zero-order valence-corrected chi connectivity index (χ0v) is 16.1. The van der Waals surface area contributed by atoms with Gasteiger partial charge in [0, 0.05) is 36.8 Å². The largest absolute Gasteiger partial charge is 0.467 e. The van der Waals surface area contributed by atoms with Crippen molar-refractivity contribution in [3.63, 3.8) is 0 Å². The number of rotatable bonds is 4. The van der Waals surface area contributed by atoms with E-state index >= 15 is 0 Å². The average molecular weight is 377 g/mol. The van der Waals surface area contributed by atoms with Gasteiger partial charge in [0.2, 0.25) is 5.91 Å². The molecule has 0 aliphatic heterocycles. The van der Waals surface area contributed by atoms with Crippen molar-refractivity contribution in [1.29, 1.82) is 0 Å². The summed E-state index contributed by atoms with van der Waals surface area (Å²) in [5.74, 6) is 2.09. The summed E-state index contributed by atoms with van der Waals surface area (Å²) >= 11 is 0. The van der Waals surface area contributed by atoms with Gasteiger partial charge in [0.25, 0.3) is 0 Å². The number of pyridine rings is 1. The first-order chi connectivity index (χ1) is 13.7. The highest BCUT2D eigenvalue weighted by molar-refractivity contribution is 5.96. The fourth-order valence-electron chi connectivity index (χ4n) is 4.72. The lowest BCUT2D eigenvalue weighted by Crippen LogP contribution is -2.16. The van der Waals surface area contributed by atoms with Gasteiger partial charge in [0.1, 0.15) is 5.82 Å². The molecule has 0 radical (unpaired) electrons. The number of anilines is 1. The molecule has 2 aliphatic carbocycles. The first-order valence-electron chi connectivity index (χ1n) is 9.79. The van der Waals surface area contributed by atoms with Crippen molar-refractivity contribution in [1.82, 2.24) is 19.5 Å². The summed E-state index contributed by atoms with van der Waals surface area (Å²) in [5, 5.41) is 4.03. The summed E-state index contributed by atoms with van der Waals surface area (Å²) in [4.78, 5) is 25.6. The second-order valence-electron chi connectivity index (χ2n) is 7.77. The molecule has 0 spiro atoms. The molecule has 1 N–H and O–H groups in total. The molecule has 3 aromatic rings. The van der Waals surface area contributed by atoms with E-state index in [0.717, 1.165) is 22.3 Å². The van der Waals surface area contributed by atoms with Crippen LogP contribution in [0.25, 0.3) is 22.3 Å². The fourth-order valence-corrected chi connectivity index (χ4v) is 4.72. The van der Waals surface area contributed by atoms with E-state index in [9.17, 15) is 4.79 Å². The lowest BCUT2D eigenvalue weighted by molar-refractivity contribution is -0.117. The summed E-state index contributed by atoms with van der Waals surface area (Å²) in [6.07, 6.45) is 8.38. The van der Waals surface area contributed by atoms with Gasteiger partial charge < -0.3 is 14.6 Å². The Labute approximate surface area is 163 Å². The van der Waals surface area contributed by atoms with Crippen LogP contribution in [0.1, 0.15) is 25.7 Å². The topological polar surface area (TPSA) is 81.9 Å². The van der Waals surface area contributed by atoms with Crippen LogP contribution in [0.5, 0.6) is 6.01 Å². The number of aromatic nitrogens is 4. The molecule has 2 fully saturated rings. The molecule has 28 heavy (non-hydrogen) atoms. The maximum atomic E-state index is 12.7. The monoisotopic (exact) mass is 377 g/mol. The number of carbonyl (C=O) groups excluding carboxylic acids is 1. The first-order valence-corrected chi connectivity index (χ1v) is 9.79. The van der Waals surface area contributed by atoms with Crippen LogP contribution in [0.4, 0.5) is 5.82 Å². The average Bonchev–Trinajstić information content (AvgIpc) is 3.38. The second kappa shape index (κ2) is 6.58. The lowest BCUT2D eigenvalue weighted by atomic mass is 10.0. The number of methoxy groups -OCH3 is 1. The number of fused-ring (bicyclic) bond motifs is 2. The number of aryl methyl sites for hydroxylation is 1. The number of nitrogens with one attached hydrogen (secondary N) is 1. The van der Waals surface area contributed by atoms with Gasteiger partial charge in [-0.2, -0.15) is 4.98 Å². The normalized spacial score (nSPS) is 23.3. The van der Waals surface area contributed by atoms with E-state index in [2.05, 4.69) is 20.3 Å². The van der Waals surface area contributed by atoms with Gasteiger partial charge in [-0.1, -0.05) is 12.8 Å². The molecule has 3 aromatic heterocycles. The van der Waals surface area contributed by atoms with Crippen molar-refractivity contribution in [3.05, 3.63) is 30.6 Å². The van der Waals surface area contributed by atoms with Crippen molar-refractivity contribution >= 4 is 22.6 Å². The van der Waals surface area contributed by atoms with Crippen LogP contribution in [-0.2, 0) is 11.8 Å². The van der Waals surface area contributed by atoms with E-state index in [0.29, 0.717) is 23.7 Å². The Morgan fingerprint density at radius 2 is 2.00 bits per heavy atom. The highest BCUT2D eigenvalue weighted by Gasteiger charge is 2.54. The second-order valence-corrected chi connectivity index (χ2v) is 7.77. The molecule has 2 aliphatic rings. The number of amides is 1. The van der Waals surface area contributed by atoms with E-state index in [1.807, 2.05) is 29.8 Å². The Hall–Kier alpha value is -2.96. The van der Waals surface area contributed by atoms with Crippen molar-refractivity contribution in [2.75, 3.05) is 12.4 Å². The van der Waals surface area contributed by atoms with Crippen molar-refractivity contribution in [2.24, 2.45) is 24.8 Å². The molecule has 144 valence electrons. The van der Waals surface area contributed by atoms with E-state index in [-0.39, 0.29) is 11.8 Å². The minimum Gasteiger partial charge on any atom is -0.467 e. The van der Waals surface area contributed by atoms with E-state index < -0.39 is 0 Å². The van der Waals surface area contributed by atoms with Gasteiger partial charge in [0.15, 0.2) is 0 Å². The maximum Gasteiger partial charge on any atom is 0.316 e. The zero-order valence-electron chi connectivity index (χ0n) is 16.1. The van der Waals surface area contributed by atoms with Crippen LogP contribution >= 0.6 is 0 Å². The minimum atomic E-state index is 0.124. The Morgan fingerprint density at radius 1 is 1.21 bits per heavy atom. The van der Waals surface area contributed by atoms with Crippen LogP contribution in [-0.4, -0.2) is 32.5 Å². The predicted octanol–water partition coefficient (Wildman–Crippen LogP) is 3.41. The van der Waals surface area contributed by atoms with Crippen LogP contribution in [0.2, 0.25) is 0 Å². The SMILES string of the molecule is COc1nccc(-c2cc3cnc(NC(=O)C4C5CCCCC54)cc3n2C)n1. The van der Waals surface area contributed by atoms with Gasteiger partial charge in [-0.25, -0.2) is 9.97 Å². The highest BCUT2D eigenvalue weighted by Crippen LogP contribution is 2.55. The Morgan fingerprint density at radius 3 is 2.75 bits per heavy atom. The summed E-state index contributed by atoms with van der Waals surface area (Å²) in [6, 6.07) is 6.15. The summed E-state index contributed by atoms with van der Waals surface area (Å²) in [7, 11) is 3.53. The number of hydrogen-bond acceptors (Lipinski definition) is 5.